The molecule has 0 aliphatic heterocycles. The van der Waals surface area contributed by atoms with Crippen LogP contribution in [0, 0.1) is 12.8 Å². The van der Waals surface area contributed by atoms with Gasteiger partial charge in [-0.15, -0.1) is 11.8 Å². The zero-order valence-corrected chi connectivity index (χ0v) is 18.9. The highest BCUT2D eigenvalue weighted by atomic mass is 35.5. The van der Waals surface area contributed by atoms with Crippen molar-refractivity contribution in [3.8, 4) is 5.88 Å². The number of rotatable bonds is 6. The topological polar surface area (TPSA) is 59.4 Å². The van der Waals surface area contributed by atoms with Crippen LogP contribution in [0.4, 0.5) is 4.39 Å². The molecule has 0 saturated heterocycles. The van der Waals surface area contributed by atoms with E-state index in [0.717, 1.165) is 11.1 Å². The van der Waals surface area contributed by atoms with Gasteiger partial charge in [0.05, 0.1) is 6.10 Å². The van der Waals surface area contributed by atoms with E-state index in [9.17, 15) is 14.3 Å². The lowest BCUT2D eigenvalue weighted by atomic mass is 9.86. The van der Waals surface area contributed by atoms with Crippen molar-refractivity contribution in [2.45, 2.75) is 36.5 Å². The number of hydrogen-bond acceptors (Lipinski definition) is 4. The van der Waals surface area contributed by atoms with Gasteiger partial charge in [0.1, 0.15) is 21.5 Å². The van der Waals surface area contributed by atoms with Crippen LogP contribution in [0.15, 0.2) is 64.4 Å². The Balaban J connectivity index is 2.11. The number of aryl methyl sites for hydroxylation is 1. The number of aliphatic carboxylic acids is 1. The molecule has 1 heterocycles. The first-order chi connectivity index (χ1) is 14.1. The number of hydrogen-bond donors (Lipinski definition) is 1. The summed E-state index contributed by atoms with van der Waals surface area (Å²) in [6, 6.07) is 9.11. The molecular formula is C22H20Cl2FNO3S. The van der Waals surface area contributed by atoms with Crippen molar-refractivity contribution in [2.75, 3.05) is 0 Å². The largest absolute Gasteiger partial charge is 0.480 e. The van der Waals surface area contributed by atoms with Crippen LogP contribution in [0.2, 0.25) is 5.02 Å². The Bertz CT molecular complexity index is 1040. The number of benzene rings is 1. The Labute approximate surface area is 188 Å². The molecule has 0 saturated carbocycles. The van der Waals surface area contributed by atoms with Gasteiger partial charge in [0, 0.05) is 16.1 Å². The molecule has 2 atom stereocenters. The van der Waals surface area contributed by atoms with Gasteiger partial charge in [0.25, 0.3) is 0 Å². The van der Waals surface area contributed by atoms with Crippen LogP contribution < -0.4 is 4.74 Å². The van der Waals surface area contributed by atoms with Gasteiger partial charge in [-0.1, -0.05) is 47.5 Å². The first kappa shape index (κ1) is 22.7. The molecule has 1 N–H and O–H groups in total. The third-order valence-corrected chi connectivity index (χ3v) is 6.67. The van der Waals surface area contributed by atoms with Gasteiger partial charge in [0.2, 0.25) is 5.88 Å². The van der Waals surface area contributed by atoms with Crippen molar-refractivity contribution in [1.82, 2.24) is 4.98 Å². The van der Waals surface area contributed by atoms with Gasteiger partial charge in [-0.2, -0.15) is 0 Å². The van der Waals surface area contributed by atoms with Crippen molar-refractivity contribution in [3.63, 3.8) is 0 Å². The maximum Gasteiger partial charge on any atom is 0.317 e. The molecule has 2 aromatic rings. The van der Waals surface area contributed by atoms with E-state index in [0.29, 0.717) is 15.8 Å². The molecule has 0 amide bonds. The number of aromatic nitrogens is 1. The molecule has 1 aromatic heterocycles. The highest BCUT2D eigenvalue weighted by molar-refractivity contribution is 8.00. The van der Waals surface area contributed by atoms with E-state index in [-0.39, 0.29) is 11.1 Å². The monoisotopic (exact) mass is 467 g/mol. The standard InChI is InChI=1S/C22H20Cl2FNO3S/c1-12(2)29-20-17(23)8-14(11-26-20)30-22(16-7-5-4-6-13(16)3)10-18(25)15(21(27)28)9-19(22)24/h4-12,15H,1-3H3,(H,27,28). The van der Waals surface area contributed by atoms with Crippen LogP contribution in [0.1, 0.15) is 25.0 Å². The Morgan fingerprint density at radius 2 is 2.03 bits per heavy atom. The first-order valence-corrected chi connectivity index (χ1v) is 10.8. The zero-order valence-electron chi connectivity index (χ0n) is 16.5. The molecule has 158 valence electrons. The van der Waals surface area contributed by atoms with Gasteiger partial charge < -0.3 is 9.84 Å². The quantitative estimate of drug-likeness (QED) is 0.524. The summed E-state index contributed by atoms with van der Waals surface area (Å²) in [5, 5.41) is 9.84. The van der Waals surface area contributed by atoms with Gasteiger partial charge in [-0.25, -0.2) is 9.37 Å². The fraction of sp³-hybridized carbons (Fsp3) is 0.273. The third kappa shape index (κ3) is 4.51. The summed E-state index contributed by atoms with van der Waals surface area (Å²) in [5.74, 6) is -3.19. The normalized spacial score (nSPS) is 21.2. The molecule has 0 spiro atoms. The second kappa shape index (κ2) is 9.00. The number of thioether (sulfide) groups is 1. The molecule has 30 heavy (non-hydrogen) atoms. The molecule has 1 aliphatic rings. The minimum atomic E-state index is -1.42. The molecule has 0 radical (unpaired) electrons. The van der Waals surface area contributed by atoms with Crippen molar-refractivity contribution in [1.29, 1.82) is 0 Å². The van der Waals surface area contributed by atoms with Crippen LogP contribution in [0.5, 0.6) is 5.88 Å². The maximum atomic E-state index is 14.9. The van der Waals surface area contributed by atoms with Gasteiger partial charge >= 0.3 is 5.97 Å². The number of halogens is 3. The lowest BCUT2D eigenvalue weighted by molar-refractivity contribution is -0.139. The molecule has 1 aromatic carbocycles. The van der Waals surface area contributed by atoms with Gasteiger partial charge in [0.15, 0.2) is 0 Å². The van der Waals surface area contributed by atoms with Crippen LogP contribution in [0.25, 0.3) is 0 Å². The lowest BCUT2D eigenvalue weighted by Gasteiger charge is -2.35. The fourth-order valence-corrected chi connectivity index (χ4v) is 5.18. The van der Waals surface area contributed by atoms with E-state index in [2.05, 4.69) is 4.98 Å². The molecule has 4 nitrogen and oxygen atoms in total. The summed E-state index contributed by atoms with van der Waals surface area (Å²) < 4.78 is 19.3. The predicted molar refractivity (Wildman–Crippen MR) is 118 cm³/mol. The summed E-state index contributed by atoms with van der Waals surface area (Å²) in [6.45, 7) is 5.63. The summed E-state index contributed by atoms with van der Waals surface area (Å²) >= 11 is 14.2. The van der Waals surface area contributed by atoms with Crippen molar-refractivity contribution < 1.29 is 19.0 Å². The third-order valence-electron chi connectivity index (χ3n) is 4.53. The zero-order chi connectivity index (χ0) is 22.1. The summed E-state index contributed by atoms with van der Waals surface area (Å²) in [7, 11) is 0. The number of carbonyl (C=O) groups is 1. The van der Waals surface area contributed by atoms with Crippen molar-refractivity contribution in [2.24, 2.45) is 5.92 Å². The van der Waals surface area contributed by atoms with Crippen molar-refractivity contribution in [3.05, 3.63) is 75.7 Å². The van der Waals surface area contributed by atoms with Gasteiger partial charge in [-0.3, -0.25) is 4.79 Å². The first-order valence-electron chi connectivity index (χ1n) is 9.20. The molecule has 8 heteroatoms. The molecular weight excluding hydrogens is 448 g/mol. The highest BCUT2D eigenvalue weighted by Gasteiger charge is 2.42. The second-order valence-corrected chi connectivity index (χ2v) is 9.27. The lowest BCUT2D eigenvalue weighted by Crippen LogP contribution is -2.28. The second-order valence-electron chi connectivity index (χ2n) is 7.14. The summed E-state index contributed by atoms with van der Waals surface area (Å²) in [5.41, 5.74) is 1.63. The van der Waals surface area contributed by atoms with E-state index in [1.807, 2.05) is 45.0 Å². The molecule has 1 aliphatic carbocycles. The minimum absolute atomic E-state index is 0.0903. The van der Waals surface area contributed by atoms with Crippen LogP contribution in [-0.4, -0.2) is 22.2 Å². The van der Waals surface area contributed by atoms with E-state index in [1.54, 1.807) is 12.3 Å². The summed E-state index contributed by atoms with van der Waals surface area (Å²) in [6.07, 6.45) is 4.00. The molecule has 2 unspecified atom stereocenters. The predicted octanol–water partition coefficient (Wildman–Crippen LogP) is 6.51. The van der Waals surface area contributed by atoms with E-state index < -0.39 is 22.5 Å². The van der Waals surface area contributed by atoms with Gasteiger partial charge in [-0.05, 0) is 50.1 Å². The summed E-state index contributed by atoms with van der Waals surface area (Å²) in [4.78, 5) is 16.3. The number of ether oxygens (including phenoxy) is 1. The maximum absolute atomic E-state index is 14.9. The Kier molecular flexibility index (Phi) is 6.80. The molecule has 0 bridgehead atoms. The van der Waals surface area contributed by atoms with E-state index in [1.165, 1.54) is 23.9 Å². The van der Waals surface area contributed by atoms with Crippen LogP contribution in [-0.2, 0) is 9.54 Å². The Hall–Kier alpha value is -2.02. The fourth-order valence-electron chi connectivity index (χ4n) is 3.18. The smallest absolute Gasteiger partial charge is 0.317 e. The van der Waals surface area contributed by atoms with Crippen molar-refractivity contribution >= 4 is 40.9 Å². The average molecular weight is 468 g/mol. The average Bonchev–Trinajstić information content (AvgIpc) is 2.66. The minimum Gasteiger partial charge on any atom is -0.480 e. The van der Waals surface area contributed by atoms with Crippen LogP contribution >= 0.6 is 35.0 Å². The van der Waals surface area contributed by atoms with E-state index in [4.69, 9.17) is 27.9 Å². The Morgan fingerprint density at radius 1 is 1.33 bits per heavy atom. The number of nitrogens with zero attached hydrogens (tertiary/aromatic N) is 1. The Morgan fingerprint density at radius 3 is 2.63 bits per heavy atom. The molecule has 0 fully saturated rings. The van der Waals surface area contributed by atoms with Crippen LogP contribution in [0.3, 0.4) is 0 Å². The highest BCUT2D eigenvalue weighted by Crippen LogP contribution is 2.54. The number of pyridine rings is 1. The number of carboxylic acid groups (broad SMARTS) is 1. The number of carboxylic acids is 1. The van der Waals surface area contributed by atoms with E-state index >= 15 is 0 Å². The molecule has 3 rings (SSSR count). The SMILES string of the molecule is Cc1ccccc1C1(Sc2cnc(OC(C)C)c(Cl)c2)C=C(F)C(C(=O)O)C=C1Cl.